The van der Waals surface area contributed by atoms with Gasteiger partial charge >= 0.3 is 0 Å². The molecule has 0 unspecified atom stereocenters. The lowest BCUT2D eigenvalue weighted by Crippen LogP contribution is -2.19. The average molecular weight is 243 g/mol. The predicted octanol–water partition coefficient (Wildman–Crippen LogP) is 1.19. The summed E-state index contributed by atoms with van der Waals surface area (Å²) in [7, 11) is 3.73. The van der Waals surface area contributed by atoms with Crippen LogP contribution in [0.15, 0.2) is 16.7 Å². The van der Waals surface area contributed by atoms with Crippen molar-refractivity contribution in [2.24, 2.45) is 5.73 Å². The lowest BCUT2D eigenvalue weighted by atomic mass is 10.2. The van der Waals surface area contributed by atoms with E-state index in [-0.39, 0.29) is 5.84 Å². The Kier molecular flexibility index (Phi) is 2.87. The highest BCUT2D eigenvalue weighted by molar-refractivity contribution is 9.10. The molecule has 1 rings (SSSR count). The van der Waals surface area contributed by atoms with Crippen LogP contribution < -0.4 is 10.6 Å². The van der Waals surface area contributed by atoms with E-state index in [2.05, 4.69) is 20.9 Å². The molecule has 1 heterocycles. The summed E-state index contributed by atoms with van der Waals surface area (Å²) < 4.78 is 0.823. The van der Waals surface area contributed by atoms with Crippen molar-refractivity contribution in [3.05, 3.63) is 22.3 Å². The molecule has 0 aliphatic heterocycles. The van der Waals surface area contributed by atoms with E-state index in [4.69, 9.17) is 11.1 Å². The van der Waals surface area contributed by atoms with Gasteiger partial charge in [0.25, 0.3) is 0 Å². The van der Waals surface area contributed by atoms with Crippen LogP contribution in [-0.4, -0.2) is 24.9 Å². The zero-order valence-corrected chi connectivity index (χ0v) is 9.09. The molecule has 3 N–H and O–H groups in total. The van der Waals surface area contributed by atoms with Crippen LogP contribution >= 0.6 is 15.9 Å². The van der Waals surface area contributed by atoms with Gasteiger partial charge in [0.1, 0.15) is 11.7 Å². The van der Waals surface area contributed by atoms with E-state index < -0.39 is 0 Å². The molecule has 1 aromatic heterocycles. The largest absolute Gasteiger partial charge is 0.384 e. The third-order valence-electron chi connectivity index (χ3n) is 1.55. The first kappa shape index (κ1) is 9.98. The molecule has 0 amide bonds. The number of aromatic nitrogens is 1. The van der Waals surface area contributed by atoms with E-state index in [1.54, 1.807) is 12.3 Å². The van der Waals surface area contributed by atoms with Gasteiger partial charge in [0.05, 0.1) is 5.56 Å². The Morgan fingerprint density at radius 2 is 2.23 bits per heavy atom. The fraction of sp³-hybridized carbons (Fsp3) is 0.250. The Morgan fingerprint density at radius 3 is 2.69 bits per heavy atom. The molecule has 0 saturated heterocycles. The first-order valence-electron chi connectivity index (χ1n) is 3.69. The maximum atomic E-state index is 7.36. The van der Waals surface area contributed by atoms with E-state index in [0.717, 1.165) is 4.47 Å². The highest BCUT2D eigenvalue weighted by Gasteiger charge is 2.08. The van der Waals surface area contributed by atoms with Crippen molar-refractivity contribution in [1.82, 2.24) is 4.98 Å². The van der Waals surface area contributed by atoms with Crippen LogP contribution in [0.4, 0.5) is 5.82 Å². The minimum atomic E-state index is 0.0255. The van der Waals surface area contributed by atoms with Gasteiger partial charge in [0.2, 0.25) is 0 Å². The summed E-state index contributed by atoms with van der Waals surface area (Å²) in [5, 5.41) is 7.36. The van der Waals surface area contributed by atoms with Gasteiger partial charge in [-0.3, -0.25) is 5.41 Å². The smallest absolute Gasteiger partial charge is 0.139 e. The summed E-state index contributed by atoms with van der Waals surface area (Å²) in [6.07, 6.45) is 1.68. The number of nitrogens with two attached hydrogens (primary N) is 1. The molecular weight excluding hydrogens is 232 g/mol. The minimum Gasteiger partial charge on any atom is -0.384 e. The maximum absolute atomic E-state index is 7.36. The second kappa shape index (κ2) is 3.74. The van der Waals surface area contributed by atoms with Gasteiger partial charge in [-0.15, -0.1) is 0 Å². The Balaban J connectivity index is 3.27. The molecule has 0 atom stereocenters. The number of nitrogens with zero attached hydrogens (tertiary/aromatic N) is 2. The molecular formula is C8H11BrN4. The lowest BCUT2D eigenvalue weighted by Gasteiger charge is -2.15. The molecule has 0 radical (unpaired) electrons. The number of rotatable bonds is 2. The van der Waals surface area contributed by atoms with Gasteiger partial charge in [-0.2, -0.15) is 0 Å². The number of anilines is 1. The molecule has 70 valence electrons. The van der Waals surface area contributed by atoms with E-state index >= 15 is 0 Å². The minimum absolute atomic E-state index is 0.0255. The second-order valence-electron chi connectivity index (χ2n) is 2.83. The molecule has 0 aliphatic carbocycles. The monoisotopic (exact) mass is 242 g/mol. The van der Waals surface area contributed by atoms with Crippen LogP contribution in [-0.2, 0) is 0 Å². The summed E-state index contributed by atoms with van der Waals surface area (Å²) >= 11 is 3.28. The zero-order chi connectivity index (χ0) is 10.0. The first-order chi connectivity index (χ1) is 6.02. The Bertz CT molecular complexity index is 335. The van der Waals surface area contributed by atoms with Crippen LogP contribution in [0.1, 0.15) is 5.56 Å². The number of halogens is 1. The summed E-state index contributed by atoms with van der Waals surface area (Å²) in [6, 6.07) is 1.78. The molecule has 0 saturated carbocycles. The number of pyridine rings is 1. The molecule has 0 aromatic carbocycles. The fourth-order valence-electron chi connectivity index (χ4n) is 0.987. The molecule has 5 heteroatoms. The summed E-state index contributed by atoms with van der Waals surface area (Å²) in [4.78, 5) is 5.98. The quantitative estimate of drug-likeness (QED) is 0.605. The molecule has 4 nitrogen and oxygen atoms in total. The van der Waals surface area contributed by atoms with Gasteiger partial charge in [-0.05, 0) is 22.0 Å². The Morgan fingerprint density at radius 1 is 1.62 bits per heavy atom. The number of nitrogens with one attached hydrogen (secondary N) is 1. The lowest BCUT2D eigenvalue weighted by molar-refractivity contribution is 1.06. The van der Waals surface area contributed by atoms with Gasteiger partial charge in [0, 0.05) is 24.8 Å². The van der Waals surface area contributed by atoms with Crippen LogP contribution in [0.5, 0.6) is 0 Å². The van der Waals surface area contributed by atoms with Crippen LogP contribution in [0.2, 0.25) is 0 Å². The molecule has 0 fully saturated rings. The van der Waals surface area contributed by atoms with Crippen molar-refractivity contribution in [3.63, 3.8) is 0 Å². The predicted molar refractivity (Wildman–Crippen MR) is 57.3 cm³/mol. The van der Waals surface area contributed by atoms with Crippen molar-refractivity contribution in [1.29, 1.82) is 5.41 Å². The highest BCUT2D eigenvalue weighted by Crippen LogP contribution is 2.19. The normalized spacial score (nSPS) is 9.77. The van der Waals surface area contributed by atoms with Crippen molar-refractivity contribution in [2.45, 2.75) is 0 Å². The average Bonchev–Trinajstić information content (AvgIpc) is 2.03. The molecule has 0 aliphatic rings. The topological polar surface area (TPSA) is 66.0 Å². The second-order valence-corrected chi connectivity index (χ2v) is 3.75. The van der Waals surface area contributed by atoms with Crippen molar-refractivity contribution >= 4 is 27.6 Å². The van der Waals surface area contributed by atoms with Gasteiger partial charge in [0.15, 0.2) is 0 Å². The SMILES string of the molecule is CN(C)c1ncc(Br)cc1C(=N)N. The molecule has 0 spiro atoms. The first-order valence-corrected chi connectivity index (χ1v) is 4.49. The third kappa shape index (κ3) is 2.18. The van der Waals surface area contributed by atoms with Crippen LogP contribution in [0.3, 0.4) is 0 Å². The van der Waals surface area contributed by atoms with Gasteiger partial charge in [-0.25, -0.2) is 4.98 Å². The number of amidine groups is 1. The van der Waals surface area contributed by atoms with Crippen LogP contribution in [0, 0.1) is 5.41 Å². The Labute approximate surface area is 85.4 Å². The van der Waals surface area contributed by atoms with E-state index in [0.29, 0.717) is 11.4 Å². The summed E-state index contributed by atoms with van der Waals surface area (Å²) in [5.41, 5.74) is 6.06. The number of nitrogen functional groups attached to an aromatic ring is 1. The van der Waals surface area contributed by atoms with E-state index in [1.165, 1.54) is 0 Å². The van der Waals surface area contributed by atoms with Crippen molar-refractivity contribution < 1.29 is 0 Å². The van der Waals surface area contributed by atoms with Gasteiger partial charge in [-0.1, -0.05) is 0 Å². The van der Waals surface area contributed by atoms with Gasteiger partial charge < -0.3 is 10.6 Å². The summed E-state index contributed by atoms with van der Waals surface area (Å²) in [5.74, 6) is 0.730. The number of hydrogen-bond donors (Lipinski definition) is 2. The Hall–Kier alpha value is -1.10. The standard InChI is InChI=1S/C8H11BrN4/c1-13(2)8-6(7(10)11)3-5(9)4-12-8/h3-4H,1-2H3,(H3,10,11). The third-order valence-corrected chi connectivity index (χ3v) is 1.98. The van der Waals surface area contributed by atoms with Crippen molar-refractivity contribution in [3.8, 4) is 0 Å². The number of hydrogen-bond acceptors (Lipinski definition) is 3. The fourth-order valence-corrected chi connectivity index (χ4v) is 1.32. The molecule has 0 bridgehead atoms. The maximum Gasteiger partial charge on any atom is 0.139 e. The van der Waals surface area contributed by atoms with E-state index in [9.17, 15) is 0 Å². The zero-order valence-electron chi connectivity index (χ0n) is 7.50. The molecule has 13 heavy (non-hydrogen) atoms. The highest BCUT2D eigenvalue weighted by atomic mass is 79.9. The van der Waals surface area contributed by atoms with Crippen LogP contribution in [0.25, 0.3) is 0 Å². The van der Waals surface area contributed by atoms with E-state index in [1.807, 2.05) is 19.0 Å². The summed E-state index contributed by atoms with van der Waals surface area (Å²) in [6.45, 7) is 0. The van der Waals surface area contributed by atoms with Crippen molar-refractivity contribution in [2.75, 3.05) is 19.0 Å². The molecule has 1 aromatic rings.